The van der Waals surface area contributed by atoms with Gasteiger partial charge in [-0.2, -0.15) is 0 Å². The van der Waals surface area contributed by atoms with Crippen molar-refractivity contribution in [2.45, 2.75) is 6.92 Å². The predicted molar refractivity (Wildman–Crippen MR) is 55.0 cm³/mol. The molecule has 0 unspecified atom stereocenters. The molecule has 0 radical (unpaired) electrons. The van der Waals surface area contributed by atoms with Gasteiger partial charge in [0.05, 0.1) is 4.92 Å². The van der Waals surface area contributed by atoms with Crippen LogP contribution in [0.25, 0.3) is 0 Å². The molecule has 0 bridgehead atoms. The van der Waals surface area contributed by atoms with Crippen LogP contribution < -0.4 is 5.32 Å². The molecule has 0 atom stereocenters. The van der Waals surface area contributed by atoms with Crippen LogP contribution in [0.15, 0.2) is 22.7 Å². The molecule has 0 heterocycles. The molecule has 13 heavy (non-hydrogen) atoms. The predicted octanol–water partition coefficient (Wildman–Crippen LogP) is 2.79. The highest BCUT2D eigenvalue weighted by Gasteiger charge is 2.07. The Morgan fingerprint density at radius 3 is 2.77 bits per heavy atom. The van der Waals surface area contributed by atoms with Gasteiger partial charge in [0.15, 0.2) is 0 Å². The monoisotopic (exact) mass is 244 g/mol. The zero-order valence-electron chi connectivity index (χ0n) is 7.08. The molecule has 5 heteroatoms. The lowest BCUT2D eigenvalue weighted by atomic mass is 10.3. The molecule has 0 saturated carbocycles. The first kappa shape index (κ1) is 9.98. The lowest BCUT2D eigenvalue weighted by Crippen LogP contribution is -1.97. The van der Waals surface area contributed by atoms with Gasteiger partial charge >= 0.3 is 0 Å². The van der Waals surface area contributed by atoms with E-state index in [0.717, 1.165) is 12.2 Å². The fourth-order valence-electron chi connectivity index (χ4n) is 0.951. The van der Waals surface area contributed by atoms with E-state index in [9.17, 15) is 10.1 Å². The van der Waals surface area contributed by atoms with Crippen molar-refractivity contribution < 1.29 is 4.92 Å². The highest BCUT2D eigenvalue weighted by Crippen LogP contribution is 2.26. The van der Waals surface area contributed by atoms with E-state index in [-0.39, 0.29) is 5.69 Å². The van der Waals surface area contributed by atoms with Gasteiger partial charge in [-0.25, -0.2) is 0 Å². The van der Waals surface area contributed by atoms with Crippen LogP contribution in [0.3, 0.4) is 0 Å². The van der Waals surface area contributed by atoms with E-state index in [2.05, 4.69) is 21.2 Å². The molecule has 0 saturated heterocycles. The molecule has 1 rings (SSSR count). The number of hydrogen-bond acceptors (Lipinski definition) is 3. The molecule has 1 N–H and O–H groups in total. The number of hydrogen-bond donors (Lipinski definition) is 1. The molecule has 0 aromatic heterocycles. The molecule has 1 aromatic carbocycles. The average Bonchev–Trinajstić information content (AvgIpc) is 2.08. The first-order valence-electron chi connectivity index (χ1n) is 3.83. The Hall–Kier alpha value is -1.10. The molecular formula is C8H9BrN2O2. The SMILES string of the molecule is CCNc1ccc([N+](=O)[O-])cc1Br. The van der Waals surface area contributed by atoms with Crippen molar-refractivity contribution >= 4 is 27.3 Å². The van der Waals surface area contributed by atoms with Gasteiger partial charge in [-0.3, -0.25) is 10.1 Å². The second-order valence-corrected chi connectivity index (χ2v) is 3.31. The third-order valence-corrected chi connectivity index (χ3v) is 2.19. The zero-order chi connectivity index (χ0) is 9.84. The molecule has 1 aromatic rings. The first-order chi connectivity index (χ1) is 6.15. The van der Waals surface area contributed by atoms with Crippen molar-refractivity contribution in [2.75, 3.05) is 11.9 Å². The van der Waals surface area contributed by atoms with Crippen LogP contribution in [0.2, 0.25) is 0 Å². The number of nitro groups is 1. The lowest BCUT2D eigenvalue weighted by molar-refractivity contribution is -0.384. The summed E-state index contributed by atoms with van der Waals surface area (Å²) in [5.41, 5.74) is 0.960. The first-order valence-corrected chi connectivity index (χ1v) is 4.62. The molecule has 0 fully saturated rings. The van der Waals surface area contributed by atoms with Gasteiger partial charge in [-0.05, 0) is 28.9 Å². The van der Waals surface area contributed by atoms with E-state index in [1.54, 1.807) is 6.07 Å². The Kier molecular flexibility index (Phi) is 3.25. The maximum atomic E-state index is 10.4. The number of nitro benzene ring substituents is 1. The van der Waals surface area contributed by atoms with E-state index < -0.39 is 4.92 Å². The molecule has 70 valence electrons. The number of anilines is 1. The minimum atomic E-state index is -0.416. The summed E-state index contributed by atoms with van der Waals surface area (Å²) >= 11 is 3.25. The largest absolute Gasteiger partial charge is 0.384 e. The Morgan fingerprint density at radius 2 is 2.31 bits per heavy atom. The summed E-state index contributed by atoms with van der Waals surface area (Å²) in [6.45, 7) is 2.75. The van der Waals surface area contributed by atoms with Crippen LogP contribution >= 0.6 is 15.9 Å². The maximum Gasteiger partial charge on any atom is 0.270 e. The normalized spacial score (nSPS) is 9.69. The van der Waals surface area contributed by atoms with Gasteiger partial charge in [0.2, 0.25) is 0 Å². The van der Waals surface area contributed by atoms with Crippen LogP contribution in [0.4, 0.5) is 11.4 Å². The van der Waals surface area contributed by atoms with Crippen molar-refractivity contribution in [2.24, 2.45) is 0 Å². The molecule has 0 aliphatic rings. The fraction of sp³-hybridized carbons (Fsp3) is 0.250. The van der Waals surface area contributed by atoms with Crippen molar-refractivity contribution in [1.82, 2.24) is 0 Å². The molecule has 4 nitrogen and oxygen atoms in total. The van der Waals surface area contributed by atoms with Gasteiger partial charge in [0.1, 0.15) is 0 Å². The topological polar surface area (TPSA) is 55.2 Å². The summed E-state index contributed by atoms with van der Waals surface area (Å²) in [4.78, 5) is 9.97. The second-order valence-electron chi connectivity index (χ2n) is 2.45. The molecule has 0 aliphatic heterocycles. The van der Waals surface area contributed by atoms with Gasteiger partial charge < -0.3 is 5.32 Å². The quantitative estimate of drug-likeness (QED) is 0.658. The molecule has 0 aliphatic carbocycles. The maximum absolute atomic E-state index is 10.4. The Balaban J connectivity index is 2.98. The Morgan fingerprint density at radius 1 is 1.62 bits per heavy atom. The van der Waals surface area contributed by atoms with Gasteiger partial charge in [0, 0.05) is 28.8 Å². The van der Waals surface area contributed by atoms with Crippen molar-refractivity contribution in [1.29, 1.82) is 0 Å². The number of non-ortho nitro benzene ring substituents is 1. The van der Waals surface area contributed by atoms with Crippen molar-refractivity contribution in [3.05, 3.63) is 32.8 Å². The van der Waals surface area contributed by atoms with Crippen molar-refractivity contribution in [3.8, 4) is 0 Å². The third-order valence-electron chi connectivity index (χ3n) is 1.53. The Bertz CT molecular complexity index is 328. The van der Waals surface area contributed by atoms with E-state index in [1.807, 2.05) is 6.92 Å². The summed E-state index contributed by atoms with van der Waals surface area (Å²) in [7, 11) is 0. The standard InChI is InChI=1S/C8H9BrN2O2/c1-2-10-8-4-3-6(11(12)13)5-7(8)9/h3-5,10H,2H2,1H3. The second kappa shape index (κ2) is 4.23. The minimum absolute atomic E-state index is 0.0912. The summed E-state index contributed by atoms with van der Waals surface area (Å²) in [6.07, 6.45) is 0. The van der Waals surface area contributed by atoms with Crippen LogP contribution in [0.5, 0.6) is 0 Å². The lowest BCUT2D eigenvalue weighted by Gasteiger charge is -2.04. The fourth-order valence-corrected chi connectivity index (χ4v) is 1.46. The number of nitrogens with one attached hydrogen (secondary N) is 1. The smallest absolute Gasteiger partial charge is 0.270 e. The summed E-state index contributed by atoms with van der Waals surface area (Å²) in [5.74, 6) is 0. The highest BCUT2D eigenvalue weighted by atomic mass is 79.9. The van der Waals surface area contributed by atoms with E-state index in [4.69, 9.17) is 0 Å². The van der Waals surface area contributed by atoms with Crippen molar-refractivity contribution in [3.63, 3.8) is 0 Å². The van der Waals surface area contributed by atoms with Gasteiger partial charge in [-0.15, -0.1) is 0 Å². The van der Waals surface area contributed by atoms with Crippen LogP contribution in [0, 0.1) is 10.1 Å². The number of nitrogens with zero attached hydrogens (tertiary/aromatic N) is 1. The van der Waals surface area contributed by atoms with Gasteiger partial charge in [0.25, 0.3) is 5.69 Å². The summed E-state index contributed by atoms with van der Waals surface area (Å²) < 4.78 is 0.712. The van der Waals surface area contributed by atoms with Crippen LogP contribution in [0.1, 0.15) is 6.92 Å². The summed E-state index contributed by atoms with van der Waals surface area (Å²) in [6, 6.07) is 4.65. The number of rotatable bonds is 3. The minimum Gasteiger partial charge on any atom is -0.384 e. The van der Waals surface area contributed by atoms with Gasteiger partial charge in [-0.1, -0.05) is 0 Å². The highest BCUT2D eigenvalue weighted by molar-refractivity contribution is 9.10. The van der Waals surface area contributed by atoms with Crippen LogP contribution in [-0.4, -0.2) is 11.5 Å². The van der Waals surface area contributed by atoms with Crippen LogP contribution in [-0.2, 0) is 0 Å². The van der Waals surface area contributed by atoms with E-state index in [0.29, 0.717) is 4.47 Å². The summed E-state index contributed by atoms with van der Waals surface area (Å²) in [5, 5.41) is 13.5. The number of halogens is 1. The zero-order valence-corrected chi connectivity index (χ0v) is 8.67. The molecule has 0 spiro atoms. The molecule has 0 amide bonds. The van der Waals surface area contributed by atoms with E-state index in [1.165, 1.54) is 12.1 Å². The average molecular weight is 245 g/mol. The number of benzene rings is 1. The third kappa shape index (κ3) is 2.42. The molecular weight excluding hydrogens is 236 g/mol. The Labute approximate surface area is 84.2 Å². The van der Waals surface area contributed by atoms with E-state index >= 15 is 0 Å².